The summed E-state index contributed by atoms with van der Waals surface area (Å²) in [6, 6.07) is 6.03. The second kappa shape index (κ2) is 7.73. The molecule has 1 aromatic carbocycles. The minimum Gasteiger partial charge on any atom is -0.348 e. The van der Waals surface area contributed by atoms with E-state index in [2.05, 4.69) is 16.7 Å². The van der Waals surface area contributed by atoms with Gasteiger partial charge in [0.25, 0.3) is 0 Å². The summed E-state index contributed by atoms with van der Waals surface area (Å²) >= 11 is 7.93. The summed E-state index contributed by atoms with van der Waals surface area (Å²) in [5, 5.41) is 7.24. The summed E-state index contributed by atoms with van der Waals surface area (Å²) in [6.45, 7) is 0.945. The van der Waals surface area contributed by atoms with E-state index in [0.29, 0.717) is 0 Å². The highest BCUT2D eigenvalue weighted by Gasteiger charge is 2.26. The topological polar surface area (TPSA) is 41.1 Å². The Morgan fingerprint density at radius 1 is 1.33 bits per heavy atom. The minimum atomic E-state index is -0.0269. The summed E-state index contributed by atoms with van der Waals surface area (Å²) in [7, 11) is 0. The average Bonchev–Trinajstić information content (AvgIpc) is 2.49. The van der Waals surface area contributed by atoms with E-state index in [1.807, 2.05) is 23.9 Å². The Hall–Kier alpha value is -0.420. The number of thioether (sulfide) groups is 1. The molecule has 2 heterocycles. The van der Waals surface area contributed by atoms with Gasteiger partial charge in [0.15, 0.2) is 0 Å². The van der Waals surface area contributed by atoms with Crippen LogP contribution in [-0.4, -0.2) is 24.2 Å². The van der Waals surface area contributed by atoms with Crippen LogP contribution < -0.4 is 10.6 Å². The summed E-state index contributed by atoms with van der Waals surface area (Å²) < 4.78 is 0. The Labute approximate surface area is 141 Å². The van der Waals surface area contributed by atoms with Crippen LogP contribution in [0, 0.1) is 0 Å². The predicted octanol–water partition coefficient (Wildman–Crippen LogP) is 3.56. The van der Waals surface area contributed by atoms with Gasteiger partial charge >= 0.3 is 0 Å². The van der Waals surface area contributed by atoms with Gasteiger partial charge in [-0.3, -0.25) is 4.79 Å². The first-order chi connectivity index (χ1) is 9.74. The van der Waals surface area contributed by atoms with Crippen LogP contribution in [-0.2, 0) is 4.79 Å². The highest BCUT2D eigenvalue weighted by atomic mass is 35.5. The minimum absolute atomic E-state index is 0. The van der Waals surface area contributed by atoms with E-state index < -0.39 is 0 Å². The molecule has 2 atom stereocenters. The van der Waals surface area contributed by atoms with Crippen LogP contribution in [0.1, 0.15) is 37.3 Å². The molecule has 21 heavy (non-hydrogen) atoms. The third kappa shape index (κ3) is 4.07. The lowest BCUT2D eigenvalue weighted by molar-refractivity contribution is -0.124. The Kier molecular flexibility index (Phi) is 6.23. The van der Waals surface area contributed by atoms with Gasteiger partial charge in [-0.25, -0.2) is 0 Å². The van der Waals surface area contributed by atoms with E-state index in [4.69, 9.17) is 11.6 Å². The zero-order valence-electron chi connectivity index (χ0n) is 11.7. The monoisotopic (exact) mass is 346 g/mol. The van der Waals surface area contributed by atoms with Crippen LogP contribution in [0.3, 0.4) is 0 Å². The van der Waals surface area contributed by atoms with E-state index in [1.54, 1.807) is 0 Å². The average molecular weight is 347 g/mol. The molecule has 0 aliphatic carbocycles. The highest BCUT2D eigenvalue weighted by Crippen LogP contribution is 2.37. The quantitative estimate of drug-likeness (QED) is 0.860. The van der Waals surface area contributed by atoms with E-state index in [1.165, 1.54) is 11.3 Å². The Balaban J connectivity index is 0.00000161. The molecule has 2 aliphatic rings. The standard InChI is InChI=1S/C15H19ClN2OS.ClH/c16-10-4-5-14-11(9-10)12(6-8-20-14)18-15(19)13-3-1-2-7-17-13;/h4-5,9,12-13,17H,1-3,6-8H2,(H,18,19);1H. The fourth-order valence-electron chi connectivity index (χ4n) is 2.86. The molecule has 1 amide bonds. The molecule has 1 aromatic rings. The summed E-state index contributed by atoms with van der Waals surface area (Å²) in [6.07, 6.45) is 4.21. The van der Waals surface area contributed by atoms with Gasteiger partial charge in [-0.15, -0.1) is 24.2 Å². The molecule has 0 bridgehead atoms. The zero-order chi connectivity index (χ0) is 13.9. The van der Waals surface area contributed by atoms with Gasteiger partial charge in [-0.05, 0) is 49.6 Å². The van der Waals surface area contributed by atoms with Crippen molar-refractivity contribution in [2.75, 3.05) is 12.3 Å². The number of hydrogen-bond donors (Lipinski definition) is 2. The third-order valence-corrected chi connectivity index (χ3v) is 5.31. The fraction of sp³-hybridized carbons (Fsp3) is 0.533. The lowest BCUT2D eigenvalue weighted by atomic mass is 10.0. The lowest BCUT2D eigenvalue weighted by Gasteiger charge is -2.29. The van der Waals surface area contributed by atoms with E-state index in [9.17, 15) is 4.79 Å². The van der Waals surface area contributed by atoms with Crippen LogP contribution in [0.2, 0.25) is 5.02 Å². The molecule has 0 spiro atoms. The molecule has 0 aromatic heterocycles. The number of benzene rings is 1. The number of carbonyl (C=O) groups excluding carboxylic acids is 1. The first-order valence-electron chi connectivity index (χ1n) is 7.20. The molecule has 116 valence electrons. The SMILES string of the molecule is Cl.O=C(NC1CCSc2ccc(Cl)cc21)C1CCCCN1. The Bertz CT molecular complexity index is 506. The predicted molar refractivity (Wildman–Crippen MR) is 90.6 cm³/mol. The van der Waals surface area contributed by atoms with Crippen LogP contribution in [0.15, 0.2) is 23.1 Å². The number of fused-ring (bicyclic) bond motifs is 1. The van der Waals surface area contributed by atoms with Gasteiger partial charge in [0.1, 0.15) is 0 Å². The van der Waals surface area contributed by atoms with Crippen LogP contribution in [0.25, 0.3) is 0 Å². The molecule has 1 saturated heterocycles. The van der Waals surface area contributed by atoms with Crippen molar-refractivity contribution in [2.45, 2.75) is 42.7 Å². The zero-order valence-corrected chi connectivity index (χ0v) is 14.1. The summed E-state index contributed by atoms with van der Waals surface area (Å²) in [5.74, 6) is 1.17. The van der Waals surface area contributed by atoms with Crippen molar-refractivity contribution in [1.29, 1.82) is 0 Å². The van der Waals surface area contributed by atoms with Crippen LogP contribution in [0.5, 0.6) is 0 Å². The maximum Gasteiger partial charge on any atom is 0.237 e. The molecule has 2 unspecified atom stereocenters. The molecule has 2 aliphatic heterocycles. The van der Waals surface area contributed by atoms with Gasteiger partial charge < -0.3 is 10.6 Å². The summed E-state index contributed by atoms with van der Waals surface area (Å²) in [4.78, 5) is 13.6. The van der Waals surface area contributed by atoms with Crippen molar-refractivity contribution < 1.29 is 4.79 Å². The molecule has 0 saturated carbocycles. The van der Waals surface area contributed by atoms with Crippen molar-refractivity contribution >= 4 is 41.7 Å². The maximum atomic E-state index is 12.3. The first-order valence-corrected chi connectivity index (χ1v) is 8.56. The molecular formula is C15H20Cl2N2OS. The number of piperidine rings is 1. The number of halogens is 2. The third-order valence-electron chi connectivity index (χ3n) is 3.95. The second-order valence-corrected chi connectivity index (χ2v) is 6.96. The molecule has 1 fully saturated rings. The largest absolute Gasteiger partial charge is 0.348 e. The van der Waals surface area contributed by atoms with Gasteiger partial charge in [-0.2, -0.15) is 0 Å². The van der Waals surface area contributed by atoms with Gasteiger partial charge in [-0.1, -0.05) is 18.0 Å². The molecule has 2 N–H and O–H groups in total. The number of amides is 1. The number of hydrogen-bond acceptors (Lipinski definition) is 3. The Morgan fingerprint density at radius 2 is 2.19 bits per heavy atom. The fourth-order valence-corrected chi connectivity index (χ4v) is 4.15. The van der Waals surface area contributed by atoms with Crippen LogP contribution >= 0.6 is 35.8 Å². The summed E-state index contributed by atoms with van der Waals surface area (Å²) in [5.41, 5.74) is 1.16. The molecule has 3 rings (SSSR count). The van der Waals surface area contributed by atoms with Crippen molar-refractivity contribution in [3.05, 3.63) is 28.8 Å². The Morgan fingerprint density at radius 3 is 2.95 bits per heavy atom. The van der Waals surface area contributed by atoms with Gasteiger partial charge in [0.05, 0.1) is 12.1 Å². The van der Waals surface area contributed by atoms with E-state index in [0.717, 1.165) is 42.1 Å². The maximum absolute atomic E-state index is 12.3. The lowest BCUT2D eigenvalue weighted by Crippen LogP contribution is -2.47. The normalized spacial score (nSPS) is 24.6. The van der Waals surface area contributed by atoms with Crippen molar-refractivity contribution in [1.82, 2.24) is 10.6 Å². The second-order valence-electron chi connectivity index (χ2n) is 5.38. The number of rotatable bonds is 2. The molecule has 0 radical (unpaired) electrons. The first kappa shape index (κ1) is 16.9. The molecular weight excluding hydrogens is 327 g/mol. The number of nitrogens with one attached hydrogen (secondary N) is 2. The van der Waals surface area contributed by atoms with Crippen LogP contribution in [0.4, 0.5) is 0 Å². The smallest absolute Gasteiger partial charge is 0.237 e. The van der Waals surface area contributed by atoms with E-state index >= 15 is 0 Å². The highest BCUT2D eigenvalue weighted by molar-refractivity contribution is 7.99. The van der Waals surface area contributed by atoms with Gasteiger partial charge in [0, 0.05) is 15.7 Å². The molecule has 3 nitrogen and oxygen atoms in total. The molecule has 6 heteroatoms. The van der Waals surface area contributed by atoms with Crippen molar-refractivity contribution in [3.8, 4) is 0 Å². The van der Waals surface area contributed by atoms with E-state index in [-0.39, 0.29) is 30.4 Å². The van der Waals surface area contributed by atoms with Crippen molar-refractivity contribution in [3.63, 3.8) is 0 Å². The van der Waals surface area contributed by atoms with Gasteiger partial charge in [0.2, 0.25) is 5.91 Å². The van der Waals surface area contributed by atoms with Crippen molar-refractivity contribution in [2.24, 2.45) is 0 Å². The number of carbonyl (C=O) groups is 1.